The van der Waals surface area contributed by atoms with Crippen LogP contribution in [0.5, 0.6) is 0 Å². The molecule has 16 heavy (non-hydrogen) atoms. The van der Waals surface area contributed by atoms with E-state index < -0.39 is 8.07 Å². The minimum absolute atomic E-state index is 0.761. The molecular weight excluding hydrogens is 210 g/mol. The highest BCUT2D eigenvalue weighted by molar-refractivity contribution is 6.94. The van der Waals surface area contributed by atoms with E-state index in [1.165, 1.54) is 5.19 Å². The normalized spacial score (nSPS) is 12.8. The van der Waals surface area contributed by atoms with E-state index >= 15 is 0 Å². The molecule has 0 spiro atoms. The molecule has 1 rings (SSSR count). The Balaban J connectivity index is 3.34. The standard InChI is InChI=1S/C14H25NSi/c1-11(2)16(12(3)4,13(5)6)14-8-7-9-15-10-14/h7-13H,1-6H3. The van der Waals surface area contributed by atoms with E-state index in [2.05, 4.69) is 64.9 Å². The monoisotopic (exact) mass is 235 g/mol. The molecule has 0 atom stereocenters. The first kappa shape index (κ1) is 13.4. The number of aromatic nitrogens is 1. The van der Waals surface area contributed by atoms with Crippen LogP contribution in [0.25, 0.3) is 0 Å². The second-order valence-electron chi connectivity index (χ2n) is 5.64. The van der Waals surface area contributed by atoms with Crippen molar-refractivity contribution in [3.8, 4) is 0 Å². The van der Waals surface area contributed by atoms with Crippen molar-refractivity contribution in [1.29, 1.82) is 0 Å². The van der Waals surface area contributed by atoms with Crippen LogP contribution in [0.15, 0.2) is 24.5 Å². The third-order valence-corrected chi connectivity index (χ3v) is 11.1. The molecule has 0 unspecified atom stereocenters. The first-order valence-corrected chi connectivity index (χ1v) is 8.57. The van der Waals surface area contributed by atoms with Crippen LogP contribution < -0.4 is 5.19 Å². The summed E-state index contributed by atoms with van der Waals surface area (Å²) in [5.74, 6) is 0. The lowest BCUT2D eigenvalue weighted by Crippen LogP contribution is -2.55. The van der Waals surface area contributed by atoms with Gasteiger partial charge in [0.25, 0.3) is 0 Å². The molecular formula is C14H25NSi. The third kappa shape index (κ3) is 2.08. The summed E-state index contributed by atoms with van der Waals surface area (Å²) in [5.41, 5.74) is 2.28. The fraction of sp³-hybridized carbons (Fsp3) is 0.643. The summed E-state index contributed by atoms with van der Waals surface area (Å²) in [5, 5.41) is 1.52. The fourth-order valence-corrected chi connectivity index (χ4v) is 10.3. The van der Waals surface area contributed by atoms with Crippen LogP contribution in [0, 0.1) is 0 Å². The van der Waals surface area contributed by atoms with Crippen molar-refractivity contribution in [2.24, 2.45) is 0 Å². The molecule has 0 aliphatic rings. The van der Waals surface area contributed by atoms with Crippen molar-refractivity contribution in [2.75, 3.05) is 0 Å². The van der Waals surface area contributed by atoms with Gasteiger partial charge in [-0.2, -0.15) is 0 Å². The minimum Gasteiger partial charge on any atom is -0.265 e. The third-order valence-electron chi connectivity index (χ3n) is 4.03. The molecule has 0 amide bonds. The molecule has 0 bridgehead atoms. The molecule has 0 aromatic carbocycles. The fourth-order valence-electron chi connectivity index (χ4n) is 3.62. The van der Waals surface area contributed by atoms with Gasteiger partial charge in [0.15, 0.2) is 0 Å². The number of hydrogen-bond acceptors (Lipinski definition) is 1. The predicted octanol–water partition coefficient (Wildman–Crippen LogP) is 3.97. The predicted molar refractivity (Wildman–Crippen MR) is 74.9 cm³/mol. The molecule has 0 fully saturated rings. The summed E-state index contributed by atoms with van der Waals surface area (Å²) in [6.45, 7) is 14.3. The van der Waals surface area contributed by atoms with Gasteiger partial charge in [-0.3, -0.25) is 4.98 Å². The SMILES string of the molecule is CC(C)[Si](c1cccnc1)(C(C)C)C(C)C. The zero-order chi connectivity index (χ0) is 12.3. The summed E-state index contributed by atoms with van der Waals surface area (Å²) in [6.07, 6.45) is 3.98. The highest BCUT2D eigenvalue weighted by Crippen LogP contribution is 2.40. The smallest absolute Gasteiger partial charge is 0.0962 e. The van der Waals surface area contributed by atoms with Crippen LogP contribution in [-0.2, 0) is 0 Å². The maximum Gasteiger partial charge on any atom is 0.0962 e. The number of pyridine rings is 1. The van der Waals surface area contributed by atoms with E-state index in [1.54, 1.807) is 0 Å². The van der Waals surface area contributed by atoms with Gasteiger partial charge in [-0.15, -0.1) is 0 Å². The van der Waals surface area contributed by atoms with Gasteiger partial charge in [0.05, 0.1) is 8.07 Å². The van der Waals surface area contributed by atoms with Crippen molar-refractivity contribution >= 4 is 13.3 Å². The average molecular weight is 235 g/mol. The highest BCUT2D eigenvalue weighted by atomic mass is 28.3. The zero-order valence-electron chi connectivity index (χ0n) is 11.5. The van der Waals surface area contributed by atoms with Crippen LogP contribution in [0.4, 0.5) is 0 Å². The maximum atomic E-state index is 4.33. The molecule has 2 heteroatoms. The molecule has 1 aromatic rings. The summed E-state index contributed by atoms with van der Waals surface area (Å²) in [4.78, 5) is 4.33. The van der Waals surface area contributed by atoms with Gasteiger partial charge >= 0.3 is 0 Å². The van der Waals surface area contributed by atoms with Crippen molar-refractivity contribution < 1.29 is 0 Å². The molecule has 1 nitrogen and oxygen atoms in total. The Kier molecular flexibility index (Phi) is 4.31. The summed E-state index contributed by atoms with van der Waals surface area (Å²) in [6, 6.07) is 4.38. The van der Waals surface area contributed by atoms with Gasteiger partial charge < -0.3 is 0 Å². The molecule has 0 saturated carbocycles. The minimum atomic E-state index is -1.47. The summed E-state index contributed by atoms with van der Waals surface area (Å²) < 4.78 is 0. The largest absolute Gasteiger partial charge is 0.265 e. The van der Waals surface area contributed by atoms with Crippen molar-refractivity contribution in [2.45, 2.75) is 58.2 Å². The van der Waals surface area contributed by atoms with Gasteiger partial charge in [0.1, 0.15) is 0 Å². The van der Waals surface area contributed by atoms with E-state index in [9.17, 15) is 0 Å². The first-order chi connectivity index (χ1) is 7.44. The van der Waals surface area contributed by atoms with Gasteiger partial charge in [-0.05, 0) is 27.9 Å². The molecule has 1 aromatic heterocycles. The molecule has 0 radical (unpaired) electrons. The van der Waals surface area contributed by atoms with Crippen LogP contribution in [0.3, 0.4) is 0 Å². The van der Waals surface area contributed by atoms with Crippen molar-refractivity contribution in [1.82, 2.24) is 4.98 Å². The second kappa shape index (κ2) is 5.13. The molecule has 90 valence electrons. The first-order valence-electron chi connectivity index (χ1n) is 6.34. The Morgan fingerprint density at radius 3 is 1.75 bits per heavy atom. The van der Waals surface area contributed by atoms with Gasteiger partial charge in [0, 0.05) is 12.4 Å². The molecule has 0 saturated heterocycles. The molecule has 1 heterocycles. The van der Waals surface area contributed by atoms with Crippen LogP contribution >= 0.6 is 0 Å². The van der Waals surface area contributed by atoms with Crippen molar-refractivity contribution in [3.63, 3.8) is 0 Å². The van der Waals surface area contributed by atoms with E-state index in [0.717, 1.165) is 16.6 Å². The quantitative estimate of drug-likeness (QED) is 0.720. The van der Waals surface area contributed by atoms with E-state index in [1.807, 2.05) is 6.20 Å². The number of rotatable bonds is 4. The van der Waals surface area contributed by atoms with E-state index in [4.69, 9.17) is 0 Å². The van der Waals surface area contributed by atoms with E-state index in [0.29, 0.717) is 0 Å². The summed E-state index contributed by atoms with van der Waals surface area (Å²) in [7, 11) is -1.47. The van der Waals surface area contributed by atoms with Gasteiger partial charge in [-0.1, -0.05) is 47.6 Å². The molecule has 0 aliphatic carbocycles. The Morgan fingerprint density at radius 1 is 0.938 bits per heavy atom. The molecule has 0 aliphatic heterocycles. The average Bonchev–Trinajstić information content (AvgIpc) is 2.18. The Hall–Kier alpha value is -0.633. The summed E-state index contributed by atoms with van der Waals surface area (Å²) >= 11 is 0. The van der Waals surface area contributed by atoms with Crippen LogP contribution in [-0.4, -0.2) is 13.1 Å². The Labute approximate surface area is 101 Å². The Morgan fingerprint density at radius 2 is 1.44 bits per heavy atom. The zero-order valence-corrected chi connectivity index (χ0v) is 12.5. The van der Waals surface area contributed by atoms with Crippen LogP contribution in [0.1, 0.15) is 41.5 Å². The van der Waals surface area contributed by atoms with Gasteiger partial charge in [-0.25, -0.2) is 0 Å². The topological polar surface area (TPSA) is 12.9 Å². The number of nitrogens with zero attached hydrogens (tertiary/aromatic N) is 1. The van der Waals surface area contributed by atoms with E-state index in [-0.39, 0.29) is 0 Å². The Bertz CT molecular complexity index is 295. The lowest BCUT2D eigenvalue weighted by Gasteiger charge is -2.43. The number of hydrogen-bond donors (Lipinski definition) is 0. The van der Waals surface area contributed by atoms with Crippen LogP contribution in [0.2, 0.25) is 16.6 Å². The lowest BCUT2D eigenvalue weighted by molar-refractivity contribution is 0.834. The second-order valence-corrected chi connectivity index (χ2v) is 11.5. The molecule has 0 N–H and O–H groups in total. The van der Waals surface area contributed by atoms with Crippen molar-refractivity contribution in [3.05, 3.63) is 24.5 Å². The highest BCUT2D eigenvalue weighted by Gasteiger charge is 2.44. The maximum absolute atomic E-state index is 4.33. The van der Waals surface area contributed by atoms with Gasteiger partial charge in [0.2, 0.25) is 0 Å². The lowest BCUT2D eigenvalue weighted by atomic mass is 10.5.